The Labute approximate surface area is 91.6 Å². The van der Waals surface area contributed by atoms with Gasteiger partial charge in [-0.2, -0.15) is 0 Å². The summed E-state index contributed by atoms with van der Waals surface area (Å²) < 4.78 is 5.11. The molecular formula is C13H19NO. The van der Waals surface area contributed by atoms with E-state index >= 15 is 0 Å². The van der Waals surface area contributed by atoms with Crippen molar-refractivity contribution in [3.05, 3.63) is 35.4 Å². The number of hydrogen-bond acceptors (Lipinski definition) is 2. The van der Waals surface area contributed by atoms with Crippen LogP contribution in [0.5, 0.6) is 0 Å². The van der Waals surface area contributed by atoms with Crippen LogP contribution in [0.3, 0.4) is 0 Å². The molecule has 1 saturated heterocycles. The van der Waals surface area contributed by atoms with Crippen LogP contribution in [0.4, 0.5) is 0 Å². The smallest absolute Gasteiger partial charge is 0.0643 e. The summed E-state index contributed by atoms with van der Waals surface area (Å²) in [5.74, 6) is 0.618. The summed E-state index contributed by atoms with van der Waals surface area (Å²) in [6.45, 7) is 7.12. The lowest BCUT2D eigenvalue weighted by atomic mass is 10.0. The Morgan fingerprint density at radius 1 is 1.27 bits per heavy atom. The minimum absolute atomic E-state index is 0.565. The van der Waals surface area contributed by atoms with Gasteiger partial charge in [0.05, 0.1) is 19.3 Å². The predicted molar refractivity (Wildman–Crippen MR) is 62.0 cm³/mol. The van der Waals surface area contributed by atoms with Gasteiger partial charge in [-0.1, -0.05) is 38.1 Å². The molecule has 1 aromatic carbocycles. The Morgan fingerprint density at radius 3 is 2.40 bits per heavy atom. The lowest BCUT2D eigenvalue weighted by Gasteiger charge is -2.27. The average molecular weight is 205 g/mol. The van der Waals surface area contributed by atoms with Gasteiger partial charge in [0.15, 0.2) is 0 Å². The van der Waals surface area contributed by atoms with E-state index in [0.29, 0.717) is 12.0 Å². The summed E-state index contributed by atoms with van der Waals surface area (Å²) in [5, 5.41) is 3.46. The molecule has 1 aromatic rings. The zero-order valence-electron chi connectivity index (χ0n) is 9.49. The molecule has 0 aromatic heterocycles. The second-order valence-electron chi connectivity index (χ2n) is 4.51. The minimum Gasteiger partial charge on any atom is -0.378 e. The standard InChI is InChI=1S/C13H19NO/c1-10(2)12-5-3-11(4-6-12)7-14-13-8-15-9-13/h3-6,10,13-14H,7-9H2,1-2H3. The average Bonchev–Trinajstić information content (AvgIpc) is 2.16. The predicted octanol–water partition coefficient (Wildman–Crippen LogP) is 2.30. The van der Waals surface area contributed by atoms with E-state index in [4.69, 9.17) is 4.74 Å². The van der Waals surface area contributed by atoms with Gasteiger partial charge in [-0.3, -0.25) is 0 Å². The third-order valence-electron chi connectivity index (χ3n) is 2.88. The topological polar surface area (TPSA) is 21.3 Å². The highest BCUT2D eigenvalue weighted by atomic mass is 16.5. The zero-order chi connectivity index (χ0) is 10.7. The molecule has 1 fully saturated rings. The Balaban J connectivity index is 1.86. The van der Waals surface area contributed by atoms with E-state index in [-0.39, 0.29) is 0 Å². The highest BCUT2D eigenvalue weighted by Crippen LogP contribution is 2.14. The van der Waals surface area contributed by atoms with Gasteiger partial charge in [0.2, 0.25) is 0 Å². The van der Waals surface area contributed by atoms with E-state index in [0.717, 1.165) is 19.8 Å². The first kappa shape index (κ1) is 10.7. The molecule has 0 unspecified atom stereocenters. The molecular weight excluding hydrogens is 186 g/mol. The first-order valence-electron chi connectivity index (χ1n) is 5.65. The van der Waals surface area contributed by atoms with Crippen LogP contribution in [0.15, 0.2) is 24.3 Å². The molecule has 1 N–H and O–H groups in total. The summed E-state index contributed by atoms with van der Waals surface area (Å²) in [4.78, 5) is 0. The number of ether oxygens (including phenoxy) is 1. The van der Waals surface area contributed by atoms with Gasteiger partial charge in [-0.05, 0) is 17.0 Å². The normalized spacial score (nSPS) is 16.7. The van der Waals surface area contributed by atoms with Crippen LogP contribution in [0.1, 0.15) is 30.9 Å². The maximum Gasteiger partial charge on any atom is 0.0643 e. The third-order valence-corrected chi connectivity index (χ3v) is 2.88. The van der Waals surface area contributed by atoms with Gasteiger partial charge in [0.1, 0.15) is 0 Å². The van der Waals surface area contributed by atoms with Crippen molar-refractivity contribution >= 4 is 0 Å². The van der Waals surface area contributed by atoms with Gasteiger partial charge in [-0.25, -0.2) is 0 Å². The second-order valence-corrected chi connectivity index (χ2v) is 4.51. The Bertz CT molecular complexity index is 301. The van der Waals surface area contributed by atoms with E-state index in [1.807, 2.05) is 0 Å². The van der Waals surface area contributed by atoms with Crippen LogP contribution in [0.2, 0.25) is 0 Å². The van der Waals surface area contributed by atoms with Crippen molar-refractivity contribution in [1.29, 1.82) is 0 Å². The van der Waals surface area contributed by atoms with E-state index in [2.05, 4.69) is 43.4 Å². The monoisotopic (exact) mass is 205 g/mol. The first-order chi connectivity index (χ1) is 7.25. The van der Waals surface area contributed by atoms with Crippen LogP contribution in [-0.4, -0.2) is 19.3 Å². The summed E-state index contributed by atoms with van der Waals surface area (Å²) >= 11 is 0. The molecule has 1 aliphatic heterocycles. The second kappa shape index (κ2) is 4.77. The zero-order valence-corrected chi connectivity index (χ0v) is 9.49. The van der Waals surface area contributed by atoms with Crippen LogP contribution in [-0.2, 0) is 11.3 Å². The Hall–Kier alpha value is -0.860. The van der Waals surface area contributed by atoms with Crippen molar-refractivity contribution in [2.24, 2.45) is 0 Å². The minimum atomic E-state index is 0.565. The molecule has 0 bridgehead atoms. The summed E-state index contributed by atoms with van der Waals surface area (Å²) in [5.41, 5.74) is 2.76. The maximum atomic E-state index is 5.11. The Morgan fingerprint density at radius 2 is 1.93 bits per heavy atom. The fraction of sp³-hybridized carbons (Fsp3) is 0.538. The van der Waals surface area contributed by atoms with Crippen LogP contribution < -0.4 is 5.32 Å². The molecule has 0 saturated carbocycles. The molecule has 1 heterocycles. The van der Waals surface area contributed by atoms with Crippen molar-refractivity contribution in [3.63, 3.8) is 0 Å². The molecule has 15 heavy (non-hydrogen) atoms. The van der Waals surface area contributed by atoms with Crippen molar-refractivity contribution < 1.29 is 4.74 Å². The highest BCUT2D eigenvalue weighted by Gasteiger charge is 2.16. The molecule has 2 nitrogen and oxygen atoms in total. The Kier molecular flexibility index (Phi) is 3.39. The molecule has 0 amide bonds. The maximum absolute atomic E-state index is 5.11. The highest BCUT2D eigenvalue weighted by molar-refractivity contribution is 5.24. The largest absolute Gasteiger partial charge is 0.378 e. The number of nitrogens with one attached hydrogen (secondary N) is 1. The van der Waals surface area contributed by atoms with E-state index in [1.165, 1.54) is 11.1 Å². The van der Waals surface area contributed by atoms with Gasteiger partial charge in [-0.15, -0.1) is 0 Å². The lowest BCUT2D eigenvalue weighted by Crippen LogP contribution is -2.45. The fourth-order valence-corrected chi connectivity index (χ4v) is 1.64. The lowest BCUT2D eigenvalue weighted by molar-refractivity contribution is -0.00578. The third kappa shape index (κ3) is 2.80. The van der Waals surface area contributed by atoms with Crippen LogP contribution in [0.25, 0.3) is 0 Å². The SMILES string of the molecule is CC(C)c1ccc(CNC2COC2)cc1. The molecule has 2 rings (SSSR count). The summed E-state index contributed by atoms with van der Waals surface area (Å²) in [6.07, 6.45) is 0. The number of benzene rings is 1. The molecule has 0 aliphatic carbocycles. The molecule has 0 radical (unpaired) electrons. The van der Waals surface area contributed by atoms with Gasteiger partial charge in [0, 0.05) is 6.54 Å². The quantitative estimate of drug-likeness (QED) is 0.814. The van der Waals surface area contributed by atoms with E-state index in [9.17, 15) is 0 Å². The van der Waals surface area contributed by atoms with Gasteiger partial charge >= 0.3 is 0 Å². The molecule has 2 heteroatoms. The molecule has 0 atom stereocenters. The van der Waals surface area contributed by atoms with Crippen molar-refractivity contribution in [2.75, 3.05) is 13.2 Å². The number of hydrogen-bond donors (Lipinski definition) is 1. The van der Waals surface area contributed by atoms with E-state index < -0.39 is 0 Å². The van der Waals surface area contributed by atoms with Crippen LogP contribution in [0, 0.1) is 0 Å². The van der Waals surface area contributed by atoms with Gasteiger partial charge < -0.3 is 10.1 Å². The van der Waals surface area contributed by atoms with E-state index in [1.54, 1.807) is 0 Å². The van der Waals surface area contributed by atoms with Crippen molar-refractivity contribution in [1.82, 2.24) is 5.32 Å². The van der Waals surface area contributed by atoms with Crippen molar-refractivity contribution in [2.45, 2.75) is 32.4 Å². The van der Waals surface area contributed by atoms with Crippen molar-refractivity contribution in [3.8, 4) is 0 Å². The summed E-state index contributed by atoms with van der Waals surface area (Å²) in [6, 6.07) is 9.43. The van der Waals surface area contributed by atoms with Gasteiger partial charge in [0.25, 0.3) is 0 Å². The fourth-order valence-electron chi connectivity index (χ4n) is 1.64. The van der Waals surface area contributed by atoms with Crippen LogP contribution >= 0.6 is 0 Å². The number of rotatable bonds is 4. The molecule has 82 valence electrons. The summed E-state index contributed by atoms with van der Waals surface area (Å²) in [7, 11) is 0. The molecule has 1 aliphatic rings. The first-order valence-corrected chi connectivity index (χ1v) is 5.65. The molecule has 0 spiro atoms.